The highest BCUT2D eigenvalue weighted by molar-refractivity contribution is 5.47. The van der Waals surface area contributed by atoms with Crippen LogP contribution in [-0.2, 0) is 0 Å². The largest absolute Gasteiger partial charge is 0.370 e. The van der Waals surface area contributed by atoms with Gasteiger partial charge in [-0.1, -0.05) is 18.2 Å². The van der Waals surface area contributed by atoms with Crippen LogP contribution in [0.3, 0.4) is 0 Å². The van der Waals surface area contributed by atoms with Gasteiger partial charge in [-0.2, -0.15) is 0 Å². The summed E-state index contributed by atoms with van der Waals surface area (Å²) in [6.07, 6.45) is 2.54. The molecular formula is C13H20N2. The average molecular weight is 204 g/mol. The number of benzene rings is 1. The summed E-state index contributed by atoms with van der Waals surface area (Å²) < 4.78 is 0. The van der Waals surface area contributed by atoms with Gasteiger partial charge in [0.2, 0.25) is 0 Å². The summed E-state index contributed by atoms with van der Waals surface area (Å²) in [5, 5.41) is 3.44. The Hall–Kier alpha value is -1.02. The van der Waals surface area contributed by atoms with Gasteiger partial charge >= 0.3 is 0 Å². The lowest BCUT2D eigenvalue weighted by molar-refractivity contribution is 0.316. The van der Waals surface area contributed by atoms with Gasteiger partial charge in [-0.25, -0.2) is 0 Å². The van der Waals surface area contributed by atoms with E-state index >= 15 is 0 Å². The minimum atomic E-state index is 0.272. The molecule has 0 saturated carbocycles. The lowest BCUT2D eigenvalue weighted by atomic mass is 9.91. The van der Waals surface area contributed by atoms with E-state index < -0.39 is 0 Å². The molecule has 2 nitrogen and oxygen atoms in total. The van der Waals surface area contributed by atoms with E-state index in [-0.39, 0.29) is 5.54 Å². The van der Waals surface area contributed by atoms with Crippen molar-refractivity contribution in [1.82, 2.24) is 5.32 Å². The van der Waals surface area contributed by atoms with Gasteiger partial charge in [0, 0.05) is 24.3 Å². The Balaban J connectivity index is 2.11. The Morgan fingerprint density at radius 3 is 2.67 bits per heavy atom. The maximum absolute atomic E-state index is 3.44. The number of rotatable bonds is 2. The number of piperidine rings is 1. The molecule has 1 aromatic rings. The molecule has 1 N–H and O–H groups in total. The number of anilines is 1. The number of likely N-dealkylation sites (N-methyl/N-ethyl adjacent to an activating group) is 1. The monoisotopic (exact) mass is 204 g/mol. The van der Waals surface area contributed by atoms with Crippen molar-refractivity contribution < 1.29 is 0 Å². The first-order valence-electron chi connectivity index (χ1n) is 5.72. The Bertz CT molecular complexity index is 310. The number of nitrogens with one attached hydrogen (secondary N) is 1. The molecule has 82 valence electrons. The molecule has 2 rings (SSSR count). The summed E-state index contributed by atoms with van der Waals surface area (Å²) in [5.74, 6) is 0. The van der Waals surface area contributed by atoms with Crippen LogP contribution in [-0.4, -0.2) is 25.7 Å². The summed E-state index contributed by atoms with van der Waals surface area (Å²) in [6, 6.07) is 10.7. The van der Waals surface area contributed by atoms with Gasteiger partial charge in [0.15, 0.2) is 0 Å². The van der Waals surface area contributed by atoms with E-state index in [0.29, 0.717) is 0 Å². The van der Waals surface area contributed by atoms with Crippen molar-refractivity contribution in [3.63, 3.8) is 0 Å². The van der Waals surface area contributed by atoms with Crippen LogP contribution >= 0.6 is 0 Å². The summed E-state index contributed by atoms with van der Waals surface area (Å²) in [5.41, 5.74) is 1.62. The van der Waals surface area contributed by atoms with Gasteiger partial charge < -0.3 is 10.2 Å². The highest BCUT2D eigenvalue weighted by atomic mass is 15.2. The SMILES string of the molecule is CNC1(C)CCCN(c2ccccc2)C1. The molecule has 0 bridgehead atoms. The molecule has 15 heavy (non-hydrogen) atoms. The normalized spacial score (nSPS) is 26.7. The van der Waals surface area contributed by atoms with Crippen molar-refractivity contribution in [2.75, 3.05) is 25.0 Å². The topological polar surface area (TPSA) is 15.3 Å². The highest BCUT2D eigenvalue weighted by Crippen LogP contribution is 2.25. The van der Waals surface area contributed by atoms with E-state index in [1.807, 2.05) is 0 Å². The van der Waals surface area contributed by atoms with Crippen molar-refractivity contribution in [3.05, 3.63) is 30.3 Å². The first-order chi connectivity index (χ1) is 7.23. The molecule has 2 heteroatoms. The van der Waals surface area contributed by atoms with Crippen molar-refractivity contribution in [3.8, 4) is 0 Å². The van der Waals surface area contributed by atoms with Crippen molar-refractivity contribution in [1.29, 1.82) is 0 Å². The summed E-state index contributed by atoms with van der Waals surface area (Å²) in [4.78, 5) is 2.47. The molecule has 1 aliphatic rings. The van der Waals surface area contributed by atoms with Crippen LogP contribution in [0, 0.1) is 0 Å². The second kappa shape index (κ2) is 4.23. The van der Waals surface area contributed by atoms with Crippen LogP contribution in [0.5, 0.6) is 0 Å². The smallest absolute Gasteiger partial charge is 0.0366 e. The minimum Gasteiger partial charge on any atom is -0.370 e. The average Bonchev–Trinajstić information content (AvgIpc) is 2.30. The van der Waals surface area contributed by atoms with E-state index in [1.165, 1.54) is 25.1 Å². The molecule has 1 aliphatic heterocycles. The Labute approximate surface area is 92.3 Å². The van der Waals surface area contributed by atoms with Crippen LogP contribution < -0.4 is 10.2 Å². The van der Waals surface area contributed by atoms with E-state index in [1.54, 1.807) is 0 Å². The van der Waals surface area contributed by atoms with Gasteiger partial charge in [0.1, 0.15) is 0 Å². The molecule has 1 aromatic carbocycles. The van der Waals surface area contributed by atoms with Gasteiger partial charge in [0.05, 0.1) is 0 Å². The van der Waals surface area contributed by atoms with Gasteiger partial charge in [-0.05, 0) is 38.9 Å². The van der Waals surface area contributed by atoms with Crippen LogP contribution in [0.25, 0.3) is 0 Å². The lowest BCUT2D eigenvalue weighted by Crippen LogP contribution is -2.53. The van der Waals surface area contributed by atoms with Crippen molar-refractivity contribution >= 4 is 5.69 Å². The lowest BCUT2D eigenvalue weighted by Gasteiger charge is -2.41. The number of nitrogens with zero attached hydrogens (tertiary/aromatic N) is 1. The molecule has 0 aromatic heterocycles. The standard InChI is InChI=1S/C13H20N2/c1-13(14-2)9-6-10-15(11-13)12-7-4-3-5-8-12/h3-5,7-8,14H,6,9-11H2,1-2H3. The maximum Gasteiger partial charge on any atom is 0.0366 e. The van der Waals surface area contributed by atoms with Crippen LogP contribution in [0.2, 0.25) is 0 Å². The van der Waals surface area contributed by atoms with E-state index in [4.69, 9.17) is 0 Å². The second-order valence-electron chi connectivity index (χ2n) is 4.67. The molecule has 1 unspecified atom stereocenters. The van der Waals surface area contributed by atoms with Crippen LogP contribution in [0.4, 0.5) is 5.69 Å². The second-order valence-corrected chi connectivity index (χ2v) is 4.67. The fourth-order valence-electron chi connectivity index (χ4n) is 2.30. The van der Waals surface area contributed by atoms with E-state index in [0.717, 1.165) is 6.54 Å². The molecule has 1 heterocycles. The summed E-state index contributed by atoms with van der Waals surface area (Å²) in [6.45, 7) is 4.59. The van der Waals surface area contributed by atoms with E-state index in [2.05, 4.69) is 54.5 Å². The molecule has 1 saturated heterocycles. The fraction of sp³-hybridized carbons (Fsp3) is 0.538. The molecule has 1 atom stereocenters. The Morgan fingerprint density at radius 2 is 2.00 bits per heavy atom. The quantitative estimate of drug-likeness (QED) is 0.795. The predicted molar refractivity (Wildman–Crippen MR) is 65.4 cm³/mol. The first kappa shape index (κ1) is 10.5. The highest BCUT2D eigenvalue weighted by Gasteiger charge is 2.29. The van der Waals surface area contributed by atoms with Crippen molar-refractivity contribution in [2.45, 2.75) is 25.3 Å². The molecule has 1 fully saturated rings. The molecular weight excluding hydrogens is 184 g/mol. The molecule has 0 radical (unpaired) electrons. The minimum absolute atomic E-state index is 0.272. The number of hydrogen-bond acceptors (Lipinski definition) is 2. The zero-order valence-corrected chi connectivity index (χ0v) is 9.66. The zero-order chi connectivity index (χ0) is 10.7. The maximum atomic E-state index is 3.44. The number of para-hydroxylation sites is 1. The first-order valence-corrected chi connectivity index (χ1v) is 5.72. The summed E-state index contributed by atoms with van der Waals surface area (Å²) in [7, 11) is 2.06. The molecule has 0 spiro atoms. The fourth-order valence-corrected chi connectivity index (χ4v) is 2.30. The molecule has 0 aliphatic carbocycles. The Morgan fingerprint density at radius 1 is 1.27 bits per heavy atom. The van der Waals surface area contributed by atoms with Gasteiger partial charge in [-0.3, -0.25) is 0 Å². The van der Waals surface area contributed by atoms with E-state index in [9.17, 15) is 0 Å². The van der Waals surface area contributed by atoms with Crippen LogP contribution in [0.15, 0.2) is 30.3 Å². The Kier molecular flexibility index (Phi) is 2.96. The summed E-state index contributed by atoms with van der Waals surface area (Å²) >= 11 is 0. The van der Waals surface area contributed by atoms with Crippen molar-refractivity contribution in [2.24, 2.45) is 0 Å². The van der Waals surface area contributed by atoms with Gasteiger partial charge in [0.25, 0.3) is 0 Å². The van der Waals surface area contributed by atoms with Gasteiger partial charge in [-0.15, -0.1) is 0 Å². The predicted octanol–water partition coefficient (Wildman–Crippen LogP) is 2.26. The van der Waals surface area contributed by atoms with Crippen LogP contribution in [0.1, 0.15) is 19.8 Å². The third-order valence-corrected chi connectivity index (χ3v) is 3.42. The third kappa shape index (κ3) is 2.32. The zero-order valence-electron chi connectivity index (χ0n) is 9.66. The molecule has 0 amide bonds. The number of hydrogen-bond donors (Lipinski definition) is 1. The third-order valence-electron chi connectivity index (χ3n) is 3.42.